The monoisotopic (exact) mass is 288 g/mol. The molecule has 18 heavy (non-hydrogen) atoms. The Labute approximate surface area is 113 Å². The standard InChI is InChI=1S/C10H13ClN4O2S/c1-12-7(16)6-3-2-4-15(5-6)9(17)8-13-14-10(11)18-8/h6H,2-5H2,1H3,(H,12,16). The molecule has 2 amide bonds. The van der Waals surface area contributed by atoms with Crippen molar-refractivity contribution < 1.29 is 9.59 Å². The fraction of sp³-hybridized carbons (Fsp3) is 0.600. The Morgan fingerprint density at radius 1 is 1.50 bits per heavy atom. The maximum absolute atomic E-state index is 12.1. The lowest BCUT2D eigenvalue weighted by molar-refractivity contribution is -0.125. The van der Waals surface area contributed by atoms with Crippen LogP contribution in [-0.4, -0.2) is 47.0 Å². The zero-order valence-corrected chi connectivity index (χ0v) is 11.4. The minimum absolute atomic E-state index is 0.0252. The van der Waals surface area contributed by atoms with Crippen molar-refractivity contribution >= 4 is 34.8 Å². The predicted octanol–water partition coefficient (Wildman–Crippen LogP) is 0.790. The van der Waals surface area contributed by atoms with Gasteiger partial charge in [-0.15, -0.1) is 10.2 Å². The minimum Gasteiger partial charge on any atom is -0.359 e. The topological polar surface area (TPSA) is 75.2 Å². The van der Waals surface area contributed by atoms with Crippen molar-refractivity contribution in [3.05, 3.63) is 9.47 Å². The van der Waals surface area contributed by atoms with Crippen molar-refractivity contribution in [3.8, 4) is 0 Å². The van der Waals surface area contributed by atoms with Crippen LogP contribution in [0.25, 0.3) is 0 Å². The van der Waals surface area contributed by atoms with Crippen LogP contribution < -0.4 is 5.32 Å². The highest BCUT2D eigenvalue weighted by atomic mass is 35.5. The Morgan fingerprint density at radius 2 is 2.28 bits per heavy atom. The summed E-state index contributed by atoms with van der Waals surface area (Å²) in [5.41, 5.74) is 0. The highest BCUT2D eigenvalue weighted by Gasteiger charge is 2.29. The number of rotatable bonds is 2. The van der Waals surface area contributed by atoms with E-state index < -0.39 is 0 Å². The molecule has 98 valence electrons. The summed E-state index contributed by atoms with van der Waals surface area (Å²) in [6, 6.07) is 0. The van der Waals surface area contributed by atoms with Gasteiger partial charge in [0.2, 0.25) is 15.4 Å². The van der Waals surface area contributed by atoms with E-state index in [-0.39, 0.29) is 27.2 Å². The maximum Gasteiger partial charge on any atom is 0.284 e. The fourth-order valence-electron chi connectivity index (χ4n) is 2.01. The maximum atomic E-state index is 12.1. The average molecular weight is 289 g/mol. The zero-order chi connectivity index (χ0) is 13.1. The molecule has 1 unspecified atom stereocenters. The largest absolute Gasteiger partial charge is 0.359 e. The van der Waals surface area contributed by atoms with Gasteiger partial charge in [-0.05, 0) is 24.4 Å². The Kier molecular flexibility index (Phi) is 4.13. The number of carbonyl (C=O) groups excluding carboxylic acids is 2. The van der Waals surface area contributed by atoms with Crippen LogP contribution >= 0.6 is 22.9 Å². The third-order valence-electron chi connectivity index (χ3n) is 2.91. The molecule has 1 aromatic rings. The molecule has 0 saturated carbocycles. The van der Waals surface area contributed by atoms with E-state index in [1.54, 1.807) is 11.9 Å². The molecule has 1 atom stereocenters. The molecular formula is C10H13ClN4O2S. The van der Waals surface area contributed by atoms with Crippen LogP contribution in [0.4, 0.5) is 0 Å². The van der Waals surface area contributed by atoms with E-state index in [2.05, 4.69) is 15.5 Å². The van der Waals surface area contributed by atoms with E-state index in [0.29, 0.717) is 13.1 Å². The van der Waals surface area contributed by atoms with E-state index in [1.807, 2.05) is 0 Å². The number of amides is 2. The van der Waals surface area contributed by atoms with Crippen molar-refractivity contribution in [2.75, 3.05) is 20.1 Å². The summed E-state index contributed by atoms with van der Waals surface area (Å²) in [5.74, 6) is -0.369. The number of likely N-dealkylation sites (tertiary alicyclic amines) is 1. The first-order valence-electron chi connectivity index (χ1n) is 5.61. The SMILES string of the molecule is CNC(=O)C1CCCN(C(=O)c2nnc(Cl)s2)C1. The summed E-state index contributed by atoms with van der Waals surface area (Å²) in [5, 5.41) is 10.2. The second-order valence-corrected chi connectivity index (χ2v) is 5.62. The Bertz CT molecular complexity index is 464. The third kappa shape index (κ3) is 2.78. The summed E-state index contributed by atoms with van der Waals surface area (Å²) in [4.78, 5) is 25.3. The number of hydrogen-bond donors (Lipinski definition) is 1. The summed E-state index contributed by atoms with van der Waals surface area (Å²) >= 11 is 6.71. The molecule has 1 aliphatic heterocycles. The molecule has 8 heteroatoms. The molecule has 0 bridgehead atoms. The molecule has 2 rings (SSSR count). The lowest BCUT2D eigenvalue weighted by Crippen LogP contribution is -2.44. The quantitative estimate of drug-likeness (QED) is 0.873. The number of piperidine rings is 1. The minimum atomic E-state index is -0.201. The molecule has 0 aromatic carbocycles. The Hall–Kier alpha value is -1.21. The van der Waals surface area contributed by atoms with Gasteiger partial charge < -0.3 is 10.2 Å². The molecule has 0 aliphatic carbocycles. The van der Waals surface area contributed by atoms with E-state index in [9.17, 15) is 9.59 Å². The van der Waals surface area contributed by atoms with Gasteiger partial charge in [0.15, 0.2) is 0 Å². The summed E-state index contributed by atoms with van der Waals surface area (Å²) < 4.78 is 0.248. The molecule has 1 aromatic heterocycles. The molecule has 2 heterocycles. The average Bonchev–Trinajstić information content (AvgIpc) is 2.83. The van der Waals surface area contributed by atoms with Crippen molar-refractivity contribution in [2.24, 2.45) is 5.92 Å². The van der Waals surface area contributed by atoms with Gasteiger partial charge in [-0.2, -0.15) is 0 Å². The lowest BCUT2D eigenvalue weighted by Gasteiger charge is -2.31. The predicted molar refractivity (Wildman–Crippen MR) is 67.6 cm³/mol. The van der Waals surface area contributed by atoms with Crippen LogP contribution in [0.2, 0.25) is 4.47 Å². The zero-order valence-electron chi connectivity index (χ0n) is 9.85. The van der Waals surface area contributed by atoms with Crippen molar-refractivity contribution in [2.45, 2.75) is 12.8 Å². The number of nitrogens with zero attached hydrogens (tertiary/aromatic N) is 3. The van der Waals surface area contributed by atoms with Crippen LogP contribution in [-0.2, 0) is 4.79 Å². The molecule has 1 saturated heterocycles. The summed E-state index contributed by atoms with van der Waals surface area (Å²) in [6.45, 7) is 1.07. The van der Waals surface area contributed by atoms with E-state index in [1.165, 1.54) is 0 Å². The van der Waals surface area contributed by atoms with E-state index >= 15 is 0 Å². The molecule has 1 aliphatic rings. The van der Waals surface area contributed by atoms with Crippen LogP contribution in [0, 0.1) is 5.92 Å². The molecule has 1 fully saturated rings. The molecule has 0 spiro atoms. The number of carbonyl (C=O) groups is 2. The van der Waals surface area contributed by atoms with Crippen LogP contribution in [0.1, 0.15) is 22.6 Å². The van der Waals surface area contributed by atoms with Gasteiger partial charge in [-0.1, -0.05) is 11.3 Å². The molecule has 0 radical (unpaired) electrons. The first-order chi connectivity index (χ1) is 8.61. The summed E-state index contributed by atoms with van der Waals surface area (Å²) in [7, 11) is 1.60. The van der Waals surface area contributed by atoms with Gasteiger partial charge >= 0.3 is 0 Å². The Balaban J connectivity index is 2.05. The first-order valence-corrected chi connectivity index (χ1v) is 6.81. The number of nitrogens with one attached hydrogen (secondary N) is 1. The summed E-state index contributed by atoms with van der Waals surface area (Å²) in [6.07, 6.45) is 1.62. The van der Waals surface area contributed by atoms with Gasteiger partial charge in [0.25, 0.3) is 5.91 Å². The van der Waals surface area contributed by atoms with Crippen LogP contribution in [0.15, 0.2) is 0 Å². The first kappa shape index (κ1) is 13.2. The number of aromatic nitrogens is 2. The van der Waals surface area contributed by atoms with Crippen LogP contribution in [0.5, 0.6) is 0 Å². The van der Waals surface area contributed by atoms with Gasteiger partial charge in [0, 0.05) is 20.1 Å². The lowest BCUT2D eigenvalue weighted by atomic mass is 9.97. The Morgan fingerprint density at radius 3 is 2.89 bits per heavy atom. The smallest absolute Gasteiger partial charge is 0.284 e. The van der Waals surface area contributed by atoms with E-state index in [0.717, 1.165) is 24.2 Å². The highest BCUT2D eigenvalue weighted by molar-refractivity contribution is 7.17. The molecule has 1 N–H and O–H groups in total. The van der Waals surface area contributed by atoms with Gasteiger partial charge in [0.1, 0.15) is 0 Å². The van der Waals surface area contributed by atoms with Crippen molar-refractivity contribution in [1.29, 1.82) is 0 Å². The second-order valence-electron chi connectivity index (χ2n) is 4.06. The van der Waals surface area contributed by atoms with Gasteiger partial charge in [-0.25, -0.2) is 0 Å². The third-order valence-corrected chi connectivity index (χ3v) is 3.92. The normalized spacial score (nSPS) is 19.7. The molecular weight excluding hydrogens is 276 g/mol. The highest BCUT2D eigenvalue weighted by Crippen LogP contribution is 2.21. The fourth-order valence-corrected chi connectivity index (χ4v) is 2.80. The van der Waals surface area contributed by atoms with E-state index in [4.69, 9.17) is 11.6 Å². The number of halogens is 1. The van der Waals surface area contributed by atoms with Crippen molar-refractivity contribution in [1.82, 2.24) is 20.4 Å². The van der Waals surface area contributed by atoms with Crippen molar-refractivity contribution in [3.63, 3.8) is 0 Å². The van der Waals surface area contributed by atoms with Gasteiger partial charge in [0.05, 0.1) is 5.92 Å². The van der Waals surface area contributed by atoms with Gasteiger partial charge in [-0.3, -0.25) is 9.59 Å². The molecule has 6 nitrogen and oxygen atoms in total. The number of hydrogen-bond acceptors (Lipinski definition) is 5. The second kappa shape index (κ2) is 5.62. The van der Waals surface area contributed by atoms with Crippen LogP contribution in [0.3, 0.4) is 0 Å².